The highest BCUT2D eigenvalue weighted by atomic mass is 16.5. The van der Waals surface area contributed by atoms with Crippen LogP contribution in [-0.4, -0.2) is 27.4 Å². The van der Waals surface area contributed by atoms with Crippen molar-refractivity contribution in [3.63, 3.8) is 0 Å². The van der Waals surface area contributed by atoms with Crippen LogP contribution in [0.2, 0.25) is 0 Å². The molecule has 4 heteroatoms. The normalized spacial score (nSPS) is 11.6. The van der Waals surface area contributed by atoms with Gasteiger partial charge in [-0.15, -0.1) is 0 Å². The zero-order valence-electron chi connectivity index (χ0n) is 18.6. The molecule has 0 aliphatic rings. The third-order valence-electron chi connectivity index (χ3n) is 5.07. The van der Waals surface area contributed by atoms with Gasteiger partial charge in [0, 0.05) is 5.56 Å². The number of carboxylic acids is 1. The first kappa shape index (κ1) is 25.0. The molecule has 0 bridgehead atoms. The number of unbranched alkanes of at least 4 members (excludes halogenated alkanes) is 6. The van der Waals surface area contributed by atoms with Gasteiger partial charge in [0.05, 0.1) is 0 Å². The first-order chi connectivity index (χ1) is 13.7. The van der Waals surface area contributed by atoms with Gasteiger partial charge in [0.1, 0.15) is 11.4 Å². The molecular formula is C25H38O4. The highest BCUT2D eigenvalue weighted by Gasteiger charge is 2.29. The van der Waals surface area contributed by atoms with Gasteiger partial charge in [-0.1, -0.05) is 64.2 Å². The van der Waals surface area contributed by atoms with Gasteiger partial charge in [0.15, 0.2) is 5.60 Å². The average molecular weight is 403 g/mol. The number of aliphatic carboxylic acids is 1. The number of carbonyl (C=O) groups is 1. The van der Waals surface area contributed by atoms with E-state index >= 15 is 0 Å². The average Bonchev–Trinajstić information content (AvgIpc) is 2.68. The second-order valence-electron chi connectivity index (χ2n) is 8.34. The minimum absolute atomic E-state index is 0.484. The molecule has 0 unspecified atom stereocenters. The van der Waals surface area contributed by atoms with Gasteiger partial charge in [-0.2, -0.15) is 0 Å². The Balaban J connectivity index is 2.80. The van der Waals surface area contributed by atoms with E-state index < -0.39 is 17.2 Å². The van der Waals surface area contributed by atoms with Crippen LogP contribution in [0, 0.1) is 11.8 Å². The van der Waals surface area contributed by atoms with Crippen molar-refractivity contribution in [1.82, 2.24) is 0 Å². The van der Waals surface area contributed by atoms with Gasteiger partial charge in [-0.05, 0) is 63.8 Å². The quantitative estimate of drug-likeness (QED) is 0.316. The molecule has 0 radical (unpaired) electrons. The molecule has 1 rings (SSSR count). The van der Waals surface area contributed by atoms with E-state index in [1.54, 1.807) is 24.3 Å². The Morgan fingerprint density at radius 3 is 1.90 bits per heavy atom. The number of carboxylic acid groups (broad SMARTS) is 1. The highest BCUT2D eigenvalue weighted by molar-refractivity contribution is 5.76. The van der Waals surface area contributed by atoms with Gasteiger partial charge in [-0.3, -0.25) is 0 Å². The summed E-state index contributed by atoms with van der Waals surface area (Å²) < 4.78 is 5.52. The molecule has 1 aromatic rings. The van der Waals surface area contributed by atoms with Crippen LogP contribution >= 0.6 is 0 Å². The smallest absolute Gasteiger partial charge is 0.347 e. The number of rotatable bonds is 13. The van der Waals surface area contributed by atoms with Crippen LogP contribution < -0.4 is 4.74 Å². The van der Waals surface area contributed by atoms with Crippen LogP contribution in [-0.2, 0) is 4.79 Å². The van der Waals surface area contributed by atoms with Crippen molar-refractivity contribution in [3.05, 3.63) is 29.8 Å². The summed E-state index contributed by atoms with van der Waals surface area (Å²) in [6.45, 7) is 7.39. The first-order valence-electron chi connectivity index (χ1n) is 11.0. The van der Waals surface area contributed by atoms with Crippen LogP contribution in [0.25, 0.3) is 0 Å². The summed E-state index contributed by atoms with van der Waals surface area (Å²) in [6, 6.07) is 7.04. The molecule has 0 saturated carbocycles. The summed E-state index contributed by atoms with van der Waals surface area (Å²) in [7, 11) is 0. The second-order valence-corrected chi connectivity index (χ2v) is 8.34. The van der Waals surface area contributed by atoms with Crippen molar-refractivity contribution in [2.45, 2.75) is 103 Å². The van der Waals surface area contributed by atoms with E-state index in [1.807, 2.05) is 0 Å². The Labute approximate surface area is 176 Å². The number of hydrogen-bond donors (Lipinski definition) is 2. The summed E-state index contributed by atoms with van der Waals surface area (Å²) in [6.07, 6.45) is 10.4. The van der Waals surface area contributed by atoms with Crippen LogP contribution in [0.4, 0.5) is 0 Å². The van der Waals surface area contributed by atoms with Gasteiger partial charge in [0.2, 0.25) is 0 Å². The molecule has 4 nitrogen and oxygen atoms in total. The third kappa shape index (κ3) is 9.85. The molecule has 0 spiro atoms. The Kier molecular flexibility index (Phi) is 10.8. The molecule has 2 N–H and O–H groups in total. The lowest BCUT2D eigenvalue weighted by Gasteiger charge is -2.22. The fourth-order valence-electron chi connectivity index (χ4n) is 3.07. The van der Waals surface area contributed by atoms with Crippen LogP contribution in [0.3, 0.4) is 0 Å². The maximum atomic E-state index is 11.2. The molecule has 0 aliphatic heterocycles. The molecule has 0 fully saturated rings. The molecule has 0 heterocycles. The van der Waals surface area contributed by atoms with Gasteiger partial charge in [-0.25, -0.2) is 4.79 Å². The maximum Gasteiger partial charge on any atom is 0.347 e. The lowest BCUT2D eigenvalue weighted by molar-refractivity contribution is -0.152. The van der Waals surface area contributed by atoms with Gasteiger partial charge < -0.3 is 14.9 Å². The lowest BCUT2D eigenvalue weighted by atomic mass is 9.90. The molecule has 0 aromatic heterocycles. The van der Waals surface area contributed by atoms with E-state index in [9.17, 15) is 9.90 Å². The minimum Gasteiger partial charge on any atom is -0.478 e. The minimum atomic E-state index is -1.29. The van der Waals surface area contributed by atoms with E-state index in [4.69, 9.17) is 9.84 Å². The summed E-state index contributed by atoms with van der Waals surface area (Å²) in [4.78, 5) is 11.2. The van der Waals surface area contributed by atoms with E-state index in [1.165, 1.54) is 39.5 Å². The number of benzene rings is 1. The summed E-state index contributed by atoms with van der Waals surface area (Å²) >= 11 is 0. The Bertz CT molecular complexity index is 652. The Morgan fingerprint density at radius 2 is 1.45 bits per heavy atom. The zero-order chi connectivity index (χ0) is 21.8. The number of ether oxygens (including phenoxy) is 1. The standard InChI is InChI=1S/C25H38O4/c1-5-7-9-11-18-25(28,19-12-10-8-6-2)20-17-21-13-15-22(16-14-21)29-24(3,4)23(26)27/h13-16,28H,5-12,18-19H2,1-4H3,(H,26,27). The Hall–Kier alpha value is -1.99. The SMILES string of the molecule is CCCCCCC(O)(C#Cc1ccc(OC(C)(C)C(=O)O)cc1)CCCCCC. The maximum absolute atomic E-state index is 11.2. The van der Waals surface area contributed by atoms with Crippen molar-refractivity contribution < 1.29 is 19.7 Å². The van der Waals surface area contributed by atoms with Crippen molar-refractivity contribution in [3.8, 4) is 17.6 Å². The summed E-state index contributed by atoms with van der Waals surface area (Å²) in [5.74, 6) is 5.70. The molecule has 0 amide bonds. The fraction of sp³-hybridized carbons (Fsp3) is 0.640. The molecule has 0 aliphatic carbocycles. The largest absolute Gasteiger partial charge is 0.478 e. The molecular weight excluding hydrogens is 364 g/mol. The van der Waals surface area contributed by atoms with Gasteiger partial charge in [0.25, 0.3) is 0 Å². The predicted octanol–water partition coefficient (Wildman–Crippen LogP) is 5.95. The monoisotopic (exact) mass is 402 g/mol. The Morgan fingerprint density at radius 1 is 0.931 bits per heavy atom. The van der Waals surface area contributed by atoms with Crippen molar-refractivity contribution >= 4 is 5.97 Å². The topological polar surface area (TPSA) is 66.8 Å². The lowest BCUT2D eigenvalue weighted by Crippen LogP contribution is -2.37. The van der Waals surface area contributed by atoms with Crippen LogP contribution in [0.5, 0.6) is 5.75 Å². The number of hydrogen-bond acceptors (Lipinski definition) is 3. The van der Waals surface area contributed by atoms with E-state index in [-0.39, 0.29) is 0 Å². The molecule has 0 atom stereocenters. The molecule has 29 heavy (non-hydrogen) atoms. The van der Waals surface area contributed by atoms with Gasteiger partial charge >= 0.3 is 5.97 Å². The predicted molar refractivity (Wildman–Crippen MR) is 118 cm³/mol. The van der Waals surface area contributed by atoms with Crippen molar-refractivity contribution in [2.24, 2.45) is 0 Å². The number of aliphatic hydroxyl groups is 1. The first-order valence-corrected chi connectivity index (χ1v) is 11.0. The second kappa shape index (κ2) is 12.5. The highest BCUT2D eigenvalue weighted by Crippen LogP contribution is 2.23. The van der Waals surface area contributed by atoms with E-state index in [0.717, 1.165) is 31.2 Å². The molecule has 1 aromatic carbocycles. The molecule has 0 saturated heterocycles. The summed E-state index contributed by atoms with van der Waals surface area (Å²) in [5.41, 5.74) is -1.45. The van der Waals surface area contributed by atoms with Crippen LogP contribution in [0.1, 0.15) is 97.5 Å². The zero-order valence-corrected chi connectivity index (χ0v) is 18.6. The van der Waals surface area contributed by atoms with Crippen molar-refractivity contribution in [1.29, 1.82) is 0 Å². The van der Waals surface area contributed by atoms with E-state index in [0.29, 0.717) is 18.6 Å². The van der Waals surface area contributed by atoms with Crippen molar-refractivity contribution in [2.75, 3.05) is 0 Å². The fourth-order valence-corrected chi connectivity index (χ4v) is 3.07. The van der Waals surface area contributed by atoms with E-state index in [2.05, 4.69) is 25.7 Å². The summed E-state index contributed by atoms with van der Waals surface area (Å²) in [5, 5.41) is 20.2. The van der Waals surface area contributed by atoms with Crippen LogP contribution in [0.15, 0.2) is 24.3 Å². The molecule has 162 valence electrons. The third-order valence-corrected chi connectivity index (χ3v) is 5.07.